The van der Waals surface area contributed by atoms with Crippen LogP contribution in [0.1, 0.15) is 44.9 Å². The third-order valence-electron chi connectivity index (χ3n) is 3.07. The maximum Gasteiger partial charge on any atom is 0.126 e. The average molecular weight is 238 g/mol. The molecule has 17 heavy (non-hydrogen) atoms. The molecule has 0 unspecified atom stereocenters. The fourth-order valence-corrected chi connectivity index (χ4v) is 2.11. The molecule has 2 N–H and O–H groups in total. The predicted octanol–water partition coefficient (Wildman–Crippen LogP) is 3.39. The maximum atomic E-state index is 13.6. The molecule has 0 aliphatic rings. The first-order valence-corrected chi connectivity index (χ1v) is 6.20. The highest BCUT2D eigenvalue weighted by Gasteiger charge is 2.17. The van der Waals surface area contributed by atoms with E-state index in [0.717, 1.165) is 17.8 Å². The Morgan fingerprint density at radius 1 is 1.29 bits per heavy atom. The summed E-state index contributed by atoms with van der Waals surface area (Å²) in [6.45, 7) is 10.9. The second-order valence-electron chi connectivity index (χ2n) is 4.83. The van der Waals surface area contributed by atoms with Gasteiger partial charge in [-0.2, -0.15) is 0 Å². The van der Waals surface area contributed by atoms with E-state index in [1.54, 1.807) is 13.0 Å². The topological polar surface area (TPSA) is 29.3 Å². The highest BCUT2D eigenvalue weighted by molar-refractivity contribution is 5.57. The van der Waals surface area contributed by atoms with Gasteiger partial charge in [0, 0.05) is 24.3 Å². The summed E-state index contributed by atoms with van der Waals surface area (Å²) >= 11 is 0. The first-order chi connectivity index (χ1) is 7.88. The Morgan fingerprint density at radius 3 is 2.29 bits per heavy atom. The van der Waals surface area contributed by atoms with Crippen molar-refractivity contribution in [3.63, 3.8) is 0 Å². The smallest absolute Gasteiger partial charge is 0.126 e. The Kier molecular flexibility index (Phi) is 4.52. The number of rotatable bonds is 4. The second-order valence-corrected chi connectivity index (χ2v) is 4.83. The quantitative estimate of drug-likeness (QED) is 0.871. The van der Waals surface area contributed by atoms with Gasteiger partial charge in [-0.15, -0.1) is 0 Å². The number of benzene rings is 1. The van der Waals surface area contributed by atoms with Crippen molar-refractivity contribution in [2.75, 3.05) is 11.4 Å². The van der Waals surface area contributed by atoms with Crippen molar-refractivity contribution in [1.82, 2.24) is 0 Å². The Labute approximate surface area is 104 Å². The normalized spacial score (nSPS) is 12.9. The molecule has 0 bridgehead atoms. The molecule has 3 heteroatoms. The number of halogens is 1. The lowest BCUT2D eigenvalue weighted by Crippen LogP contribution is -2.32. The maximum absolute atomic E-state index is 13.6. The lowest BCUT2D eigenvalue weighted by Gasteiger charge is -2.31. The molecule has 1 aromatic carbocycles. The van der Waals surface area contributed by atoms with Crippen LogP contribution in [0.25, 0.3) is 0 Å². The van der Waals surface area contributed by atoms with Crippen LogP contribution in [0.4, 0.5) is 10.1 Å². The van der Waals surface area contributed by atoms with Crippen LogP contribution in [0.5, 0.6) is 0 Å². The number of hydrogen-bond acceptors (Lipinski definition) is 2. The SMILES string of the molecule is CCN(c1cc(C)c(F)cc1[C@@H](C)N)C(C)C. The van der Waals surface area contributed by atoms with Gasteiger partial charge >= 0.3 is 0 Å². The van der Waals surface area contributed by atoms with Crippen LogP contribution in [0.3, 0.4) is 0 Å². The van der Waals surface area contributed by atoms with E-state index in [9.17, 15) is 4.39 Å². The van der Waals surface area contributed by atoms with Gasteiger partial charge in [0.2, 0.25) is 0 Å². The van der Waals surface area contributed by atoms with Crippen molar-refractivity contribution in [2.24, 2.45) is 5.73 Å². The van der Waals surface area contributed by atoms with Crippen molar-refractivity contribution >= 4 is 5.69 Å². The van der Waals surface area contributed by atoms with Crippen molar-refractivity contribution in [3.05, 3.63) is 29.1 Å². The van der Waals surface area contributed by atoms with Gasteiger partial charge in [-0.1, -0.05) is 0 Å². The zero-order valence-electron chi connectivity index (χ0n) is 11.4. The molecule has 0 aliphatic heterocycles. The van der Waals surface area contributed by atoms with Crippen molar-refractivity contribution in [3.8, 4) is 0 Å². The molecule has 96 valence electrons. The molecule has 1 atom stereocenters. The Hall–Kier alpha value is -1.09. The molecule has 1 rings (SSSR count). The van der Waals surface area contributed by atoms with Crippen LogP contribution < -0.4 is 10.6 Å². The third kappa shape index (κ3) is 2.97. The lowest BCUT2D eigenvalue weighted by atomic mass is 10.0. The van der Waals surface area contributed by atoms with E-state index in [4.69, 9.17) is 5.73 Å². The monoisotopic (exact) mass is 238 g/mol. The molecule has 0 saturated carbocycles. The first kappa shape index (κ1) is 14.0. The van der Waals surface area contributed by atoms with Gasteiger partial charge in [-0.25, -0.2) is 4.39 Å². The number of aryl methyl sites for hydroxylation is 1. The molecule has 0 spiro atoms. The van der Waals surface area contributed by atoms with Crippen LogP contribution in [0.2, 0.25) is 0 Å². The molecule has 0 saturated heterocycles. The largest absolute Gasteiger partial charge is 0.369 e. The summed E-state index contributed by atoms with van der Waals surface area (Å²) in [5.41, 5.74) is 8.53. The Bertz CT molecular complexity index is 386. The summed E-state index contributed by atoms with van der Waals surface area (Å²) in [5.74, 6) is -0.180. The zero-order valence-corrected chi connectivity index (χ0v) is 11.4. The van der Waals surface area contributed by atoms with E-state index in [1.807, 2.05) is 13.0 Å². The standard InChI is InChI=1S/C14H23FN2/c1-6-17(9(2)3)14-7-10(4)13(15)8-12(14)11(5)16/h7-9,11H,6,16H2,1-5H3/t11-/m1/s1. The van der Waals surface area contributed by atoms with Crippen LogP contribution in [0.15, 0.2) is 12.1 Å². The first-order valence-electron chi connectivity index (χ1n) is 6.20. The zero-order chi connectivity index (χ0) is 13.2. The number of anilines is 1. The van der Waals surface area contributed by atoms with E-state index in [0.29, 0.717) is 11.6 Å². The highest BCUT2D eigenvalue weighted by Crippen LogP contribution is 2.29. The van der Waals surface area contributed by atoms with E-state index in [2.05, 4.69) is 25.7 Å². The summed E-state index contributed by atoms with van der Waals surface area (Å²) < 4.78 is 13.6. The van der Waals surface area contributed by atoms with E-state index < -0.39 is 0 Å². The Morgan fingerprint density at radius 2 is 1.88 bits per heavy atom. The van der Waals surface area contributed by atoms with Crippen LogP contribution in [0, 0.1) is 12.7 Å². The van der Waals surface area contributed by atoms with E-state index >= 15 is 0 Å². The third-order valence-corrected chi connectivity index (χ3v) is 3.07. The molecule has 2 nitrogen and oxygen atoms in total. The Balaban J connectivity index is 3.33. The van der Waals surface area contributed by atoms with E-state index in [1.165, 1.54) is 0 Å². The predicted molar refractivity (Wildman–Crippen MR) is 71.9 cm³/mol. The van der Waals surface area contributed by atoms with Gasteiger partial charge in [-0.3, -0.25) is 0 Å². The lowest BCUT2D eigenvalue weighted by molar-refractivity contribution is 0.610. The van der Waals surface area contributed by atoms with Crippen LogP contribution in [-0.2, 0) is 0 Å². The van der Waals surface area contributed by atoms with Gasteiger partial charge in [-0.05, 0) is 57.9 Å². The molecule has 0 aliphatic carbocycles. The van der Waals surface area contributed by atoms with Crippen molar-refractivity contribution in [1.29, 1.82) is 0 Å². The van der Waals surface area contributed by atoms with E-state index in [-0.39, 0.29) is 11.9 Å². The minimum atomic E-state index is -0.180. The summed E-state index contributed by atoms with van der Waals surface area (Å²) in [6.07, 6.45) is 0. The molecule has 1 aromatic rings. The van der Waals surface area contributed by atoms with Gasteiger partial charge in [0.15, 0.2) is 0 Å². The van der Waals surface area contributed by atoms with Gasteiger partial charge in [0.25, 0.3) is 0 Å². The summed E-state index contributed by atoms with van der Waals surface area (Å²) in [7, 11) is 0. The molecular formula is C14H23FN2. The minimum absolute atomic E-state index is 0.159. The number of nitrogens with zero attached hydrogens (tertiary/aromatic N) is 1. The molecular weight excluding hydrogens is 215 g/mol. The van der Waals surface area contributed by atoms with Gasteiger partial charge in [0.05, 0.1) is 0 Å². The van der Waals surface area contributed by atoms with Crippen molar-refractivity contribution < 1.29 is 4.39 Å². The number of nitrogens with two attached hydrogens (primary N) is 1. The molecule has 0 fully saturated rings. The fraction of sp³-hybridized carbons (Fsp3) is 0.571. The van der Waals surface area contributed by atoms with Crippen molar-refractivity contribution in [2.45, 2.75) is 46.7 Å². The second kappa shape index (κ2) is 5.50. The summed E-state index contributed by atoms with van der Waals surface area (Å²) in [5, 5.41) is 0. The molecule has 0 amide bonds. The summed E-state index contributed by atoms with van der Waals surface area (Å²) in [6, 6.07) is 3.69. The van der Waals surface area contributed by atoms with Gasteiger partial charge in [0.1, 0.15) is 5.82 Å². The van der Waals surface area contributed by atoms with Crippen LogP contribution >= 0.6 is 0 Å². The minimum Gasteiger partial charge on any atom is -0.369 e. The van der Waals surface area contributed by atoms with Crippen LogP contribution in [-0.4, -0.2) is 12.6 Å². The fourth-order valence-electron chi connectivity index (χ4n) is 2.11. The highest BCUT2D eigenvalue weighted by atomic mass is 19.1. The number of hydrogen-bond donors (Lipinski definition) is 1. The molecule has 0 aromatic heterocycles. The average Bonchev–Trinajstić information content (AvgIpc) is 2.22. The summed E-state index contributed by atoms with van der Waals surface area (Å²) in [4.78, 5) is 2.24. The molecule has 0 radical (unpaired) electrons. The van der Waals surface area contributed by atoms with Gasteiger partial charge < -0.3 is 10.6 Å². The molecule has 0 heterocycles.